The molecule has 1 heterocycles. The third-order valence-corrected chi connectivity index (χ3v) is 3.73. The summed E-state index contributed by atoms with van der Waals surface area (Å²) in [6, 6.07) is 2.37. The average molecular weight is 260 g/mol. The lowest BCUT2D eigenvalue weighted by Crippen LogP contribution is -2.26. The number of anilines is 1. The number of methoxy groups -OCH3 is 1. The number of aromatic amines is 1. The summed E-state index contributed by atoms with van der Waals surface area (Å²) in [5, 5.41) is 12.7. The third kappa shape index (κ3) is 2.87. The van der Waals surface area contributed by atoms with Crippen LogP contribution in [-0.2, 0) is 24.0 Å². The number of hydrogen-bond donors (Lipinski definition) is 1. The van der Waals surface area contributed by atoms with E-state index in [2.05, 4.69) is 23.3 Å². The molecule has 19 heavy (non-hydrogen) atoms. The SMILES string of the molecule is CCc1[nH+]c(NCCOC)c(C#N)c2c1CCCC2. The average Bonchev–Trinajstić information content (AvgIpc) is 2.46. The lowest BCUT2D eigenvalue weighted by atomic mass is 9.87. The molecule has 1 aliphatic carbocycles. The first-order valence-electron chi connectivity index (χ1n) is 7.04. The van der Waals surface area contributed by atoms with Crippen LogP contribution in [0.4, 0.5) is 5.82 Å². The van der Waals surface area contributed by atoms with Gasteiger partial charge in [0.25, 0.3) is 5.82 Å². The van der Waals surface area contributed by atoms with Crippen LogP contribution in [0.2, 0.25) is 0 Å². The van der Waals surface area contributed by atoms with Crippen molar-refractivity contribution in [3.63, 3.8) is 0 Å². The Kier molecular flexibility index (Phi) is 4.75. The van der Waals surface area contributed by atoms with Crippen molar-refractivity contribution in [2.45, 2.75) is 39.0 Å². The zero-order valence-electron chi connectivity index (χ0n) is 11.8. The third-order valence-electron chi connectivity index (χ3n) is 3.73. The van der Waals surface area contributed by atoms with E-state index in [1.807, 2.05) is 0 Å². The van der Waals surface area contributed by atoms with Gasteiger partial charge in [-0.2, -0.15) is 5.26 Å². The summed E-state index contributed by atoms with van der Waals surface area (Å²) >= 11 is 0. The van der Waals surface area contributed by atoms with E-state index in [0.29, 0.717) is 13.2 Å². The molecule has 0 aromatic carbocycles. The molecule has 1 aliphatic rings. The highest BCUT2D eigenvalue weighted by Gasteiger charge is 2.24. The normalized spacial score (nSPS) is 13.7. The standard InChI is InChI=1S/C15H21N3O/c1-3-14-12-7-5-4-6-11(12)13(10-16)15(18-14)17-8-9-19-2/h3-9H2,1-2H3,(H,17,18)/p+1. The van der Waals surface area contributed by atoms with E-state index in [4.69, 9.17) is 4.74 Å². The van der Waals surface area contributed by atoms with E-state index in [0.717, 1.165) is 30.6 Å². The zero-order valence-corrected chi connectivity index (χ0v) is 11.8. The van der Waals surface area contributed by atoms with E-state index < -0.39 is 0 Å². The molecule has 0 unspecified atom stereocenters. The number of nitrogens with zero attached hydrogens (tertiary/aromatic N) is 1. The van der Waals surface area contributed by atoms with Crippen molar-refractivity contribution < 1.29 is 9.72 Å². The van der Waals surface area contributed by atoms with Crippen LogP contribution in [0.3, 0.4) is 0 Å². The maximum Gasteiger partial charge on any atom is 0.290 e. The molecule has 0 amide bonds. The molecule has 0 fully saturated rings. The summed E-state index contributed by atoms with van der Waals surface area (Å²) in [5.74, 6) is 0.858. The van der Waals surface area contributed by atoms with Crippen molar-refractivity contribution in [3.8, 4) is 6.07 Å². The monoisotopic (exact) mass is 260 g/mol. The first-order valence-corrected chi connectivity index (χ1v) is 7.04. The van der Waals surface area contributed by atoms with Gasteiger partial charge < -0.3 is 4.74 Å². The quantitative estimate of drug-likeness (QED) is 0.822. The number of hydrogen-bond acceptors (Lipinski definition) is 3. The number of pyridine rings is 1. The van der Waals surface area contributed by atoms with Crippen LogP contribution in [0.1, 0.15) is 42.1 Å². The van der Waals surface area contributed by atoms with Crippen LogP contribution in [-0.4, -0.2) is 20.3 Å². The Labute approximate surface area is 114 Å². The van der Waals surface area contributed by atoms with Crippen molar-refractivity contribution in [2.24, 2.45) is 0 Å². The van der Waals surface area contributed by atoms with Crippen molar-refractivity contribution >= 4 is 5.82 Å². The van der Waals surface area contributed by atoms with E-state index >= 15 is 0 Å². The summed E-state index contributed by atoms with van der Waals surface area (Å²) in [6.07, 6.45) is 5.52. The Balaban J connectivity index is 2.39. The van der Waals surface area contributed by atoms with Crippen LogP contribution in [0.5, 0.6) is 0 Å². The predicted molar refractivity (Wildman–Crippen MR) is 74.1 cm³/mol. The summed E-state index contributed by atoms with van der Waals surface area (Å²) in [7, 11) is 1.68. The van der Waals surface area contributed by atoms with Gasteiger partial charge in [-0.05, 0) is 36.8 Å². The van der Waals surface area contributed by atoms with Gasteiger partial charge in [-0.3, -0.25) is 5.32 Å². The second kappa shape index (κ2) is 6.53. The lowest BCUT2D eigenvalue weighted by Gasteiger charge is -2.19. The second-order valence-corrected chi connectivity index (χ2v) is 4.90. The molecule has 1 aromatic rings. The fourth-order valence-corrected chi connectivity index (χ4v) is 2.79. The molecule has 2 N–H and O–H groups in total. The van der Waals surface area contributed by atoms with Crippen LogP contribution in [0, 0.1) is 11.3 Å². The number of fused-ring (bicyclic) bond motifs is 1. The molecular weight excluding hydrogens is 238 g/mol. The van der Waals surface area contributed by atoms with Gasteiger partial charge in [-0.1, -0.05) is 6.92 Å². The Morgan fingerprint density at radius 3 is 2.68 bits per heavy atom. The van der Waals surface area contributed by atoms with E-state index in [1.165, 1.54) is 29.7 Å². The van der Waals surface area contributed by atoms with Gasteiger partial charge in [-0.15, -0.1) is 0 Å². The Hall–Kier alpha value is -1.60. The van der Waals surface area contributed by atoms with Gasteiger partial charge >= 0.3 is 0 Å². The largest absolute Gasteiger partial charge is 0.381 e. The van der Waals surface area contributed by atoms with Gasteiger partial charge in [0, 0.05) is 13.5 Å². The van der Waals surface area contributed by atoms with Gasteiger partial charge in [0.1, 0.15) is 23.9 Å². The fourth-order valence-electron chi connectivity index (χ4n) is 2.79. The molecule has 0 atom stereocenters. The number of nitrogens with one attached hydrogen (secondary N) is 2. The molecule has 2 rings (SSSR count). The predicted octanol–water partition coefficient (Wildman–Crippen LogP) is 1.87. The zero-order chi connectivity index (χ0) is 13.7. The molecule has 0 saturated carbocycles. The second-order valence-electron chi connectivity index (χ2n) is 4.90. The Morgan fingerprint density at radius 1 is 1.32 bits per heavy atom. The summed E-state index contributed by atoms with van der Waals surface area (Å²) < 4.78 is 5.05. The molecule has 0 bridgehead atoms. The molecule has 4 nitrogen and oxygen atoms in total. The maximum absolute atomic E-state index is 9.45. The van der Waals surface area contributed by atoms with Crippen molar-refractivity contribution in [2.75, 3.05) is 25.6 Å². The molecule has 1 aromatic heterocycles. The van der Waals surface area contributed by atoms with Gasteiger partial charge in [0.15, 0.2) is 0 Å². The van der Waals surface area contributed by atoms with E-state index in [1.54, 1.807) is 7.11 Å². The van der Waals surface area contributed by atoms with E-state index in [9.17, 15) is 5.26 Å². The minimum Gasteiger partial charge on any atom is -0.381 e. The summed E-state index contributed by atoms with van der Waals surface area (Å²) in [4.78, 5) is 3.41. The topological polar surface area (TPSA) is 59.2 Å². The highest BCUT2D eigenvalue weighted by atomic mass is 16.5. The Morgan fingerprint density at radius 2 is 2.05 bits per heavy atom. The molecule has 0 spiro atoms. The first kappa shape index (κ1) is 13.8. The number of aromatic nitrogens is 1. The highest BCUT2D eigenvalue weighted by molar-refractivity contribution is 5.56. The van der Waals surface area contributed by atoms with Crippen LogP contribution < -0.4 is 10.3 Å². The van der Waals surface area contributed by atoms with Gasteiger partial charge in [-0.25, -0.2) is 4.98 Å². The highest BCUT2D eigenvalue weighted by Crippen LogP contribution is 2.28. The smallest absolute Gasteiger partial charge is 0.290 e. The number of rotatable bonds is 5. The minimum absolute atomic E-state index is 0.636. The first-order chi connectivity index (χ1) is 9.31. The van der Waals surface area contributed by atoms with Crippen molar-refractivity contribution in [3.05, 3.63) is 22.4 Å². The minimum atomic E-state index is 0.636. The maximum atomic E-state index is 9.45. The fraction of sp³-hybridized carbons (Fsp3) is 0.600. The summed E-state index contributed by atoms with van der Waals surface area (Å²) in [6.45, 7) is 3.51. The van der Waals surface area contributed by atoms with Crippen molar-refractivity contribution in [1.29, 1.82) is 5.26 Å². The van der Waals surface area contributed by atoms with Gasteiger partial charge in [0.05, 0.1) is 6.61 Å². The van der Waals surface area contributed by atoms with Crippen LogP contribution in [0.15, 0.2) is 0 Å². The molecule has 102 valence electrons. The number of ether oxygens (including phenoxy) is 1. The molecule has 0 radical (unpaired) electrons. The lowest BCUT2D eigenvalue weighted by molar-refractivity contribution is -0.374. The van der Waals surface area contributed by atoms with Crippen LogP contribution >= 0.6 is 0 Å². The molecule has 0 saturated heterocycles. The molecule has 0 aliphatic heterocycles. The number of aryl methyl sites for hydroxylation is 1. The Bertz CT molecular complexity index is 491. The van der Waals surface area contributed by atoms with Crippen molar-refractivity contribution in [1.82, 2.24) is 0 Å². The molecular formula is C15H22N3O+. The molecule has 4 heteroatoms. The van der Waals surface area contributed by atoms with Crippen LogP contribution in [0.25, 0.3) is 0 Å². The number of nitriles is 1. The summed E-state index contributed by atoms with van der Waals surface area (Å²) in [5.41, 5.74) is 4.70. The van der Waals surface area contributed by atoms with E-state index in [-0.39, 0.29) is 0 Å². The number of H-pyrrole nitrogens is 1. The van der Waals surface area contributed by atoms with Gasteiger partial charge in [0.2, 0.25) is 0 Å².